The van der Waals surface area contributed by atoms with Gasteiger partial charge in [-0.3, -0.25) is 4.79 Å². The molecule has 0 unspecified atom stereocenters. The van der Waals surface area contributed by atoms with Crippen molar-refractivity contribution in [3.8, 4) is 0 Å². The van der Waals surface area contributed by atoms with E-state index >= 15 is 0 Å². The van der Waals surface area contributed by atoms with Crippen molar-refractivity contribution in [2.75, 3.05) is 11.1 Å². The smallest absolute Gasteiger partial charge is 0.339 e. The van der Waals surface area contributed by atoms with Gasteiger partial charge < -0.3 is 10.1 Å². The Kier molecular flexibility index (Phi) is 7.02. The number of benzene rings is 2. The van der Waals surface area contributed by atoms with Crippen molar-refractivity contribution in [1.29, 1.82) is 0 Å². The Morgan fingerprint density at radius 1 is 1.18 bits per heavy atom. The number of halogens is 1. The zero-order chi connectivity index (χ0) is 19.9. The molecule has 0 fully saturated rings. The maximum absolute atomic E-state index is 12.4. The molecule has 0 aliphatic heterocycles. The van der Waals surface area contributed by atoms with Crippen molar-refractivity contribution in [3.63, 3.8) is 0 Å². The van der Waals surface area contributed by atoms with E-state index in [0.717, 1.165) is 22.8 Å². The number of esters is 1. The Bertz CT molecular complexity index is 977. The molecule has 0 spiro atoms. The lowest BCUT2D eigenvalue weighted by Gasteiger charge is -2.09. The van der Waals surface area contributed by atoms with E-state index in [2.05, 4.69) is 14.9 Å². The molecule has 28 heavy (non-hydrogen) atoms. The molecule has 2 aromatic carbocycles. The van der Waals surface area contributed by atoms with Gasteiger partial charge in [0.25, 0.3) is 0 Å². The monoisotopic (exact) mass is 433 g/mol. The van der Waals surface area contributed by atoms with Gasteiger partial charge in [0, 0.05) is 22.1 Å². The summed E-state index contributed by atoms with van der Waals surface area (Å²) in [4.78, 5) is 25.3. The molecule has 3 rings (SSSR count). The van der Waals surface area contributed by atoms with Crippen LogP contribution in [0, 0.1) is 6.92 Å². The van der Waals surface area contributed by atoms with Gasteiger partial charge in [0.15, 0.2) is 0 Å². The molecule has 0 saturated heterocycles. The largest absolute Gasteiger partial charge is 0.455 e. The van der Waals surface area contributed by atoms with Crippen molar-refractivity contribution in [1.82, 2.24) is 9.59 Å². The number of hydrogen-bond acceptors (Lipinski definition) is 7. The van der Waals surface area contributed by atoms with Gasteiger partial charge in [-0.1, -0.05) is 45.9 Å². The predicted molar refractivity (Wildman–Crippen MR) is 111 cm³/mol. The van der Waals surface area contributed by atoms with E-state index in [4.69, 9.17) is 16.3 Å². The van der Waals surface area contributed by atoms with E-state index in [0.29, 0.717) is 20.5 Å². The Labute approximate surface area is 175 Å². The highest BCUT2D eigenvalue weighted by Gasteiger charge is 2.16. The maximum atomic E-state index is 12.4. The van der Waals surface area contributed by atoms with Gasteiger partial charge in [-0.2, -0.15) is 0 Å². The number of rotatable bonds is 7. The number of amides is 1. The van der Waals surface area contributed by atoms with Gasteiger partial charge in [-0.15, -0.1) is 16.9 Å². The minimum absolute atomic E-state index is 0.0545. The van der Waals surface area contributed by atoms with Crippen LogP contribution < -0.4 is 5.32 Å². The standard InChI is InChI=1S/C19H16ClN3O3S2/c1-12-6-8-13(9-7-12)21-17(24)11-27-16-5-3-2-4-14(16)19(25)26-10-15-18(20)28-23-22-15/h2-9H,10-11H2,1H3,(H,21,24). The molecule has 0 radical (unpaired) electrons. The Balaban J connectivity index is 1.58. The van der Waals surface area contributed by atoms with Gasteiger partial charge in [-0.25, -0.2) is 4.79 Å². The van der Waals surface area contributed by atoms with E-state index in [1.165, 1.54) is 11.8 Å². The quantitative estimate of drug-likeness (QED) is 0.433. The van der Waals surface area contributed by atoms with Crippen LogP contribution in [-0.2, 0) is 16.1 Å². The first kappa shape index (κ1) is 20.3. The SMILES string of the molecule is Cc1ccc(NC(=O)CSc2ccccc2C(=O)OCc2nnsc2Cl)cc1. The van der Waals surface area contributed by atoms with Crippen molar-refractivity contribution in [2.24, 2.45) is 0 Å². The fourth-order valence-electron chi connectivity index (χ4n) is 2.23. The molecular weight excluding hydrogens is 418 g/mol. The van der Waals surface area contributed by atoms with Crippen LogP contribution in [0.3, 0.4) is 0 Å². The maximum Gasteiger partial charge on any atom is 0.339 e. The van der Waals surface area contributed by atoms with E-state index in [1.807, 2.05) is 31.2 Å². The summed E-state index contributed by atoms with van der Waals surface area (Å²) >= 11 is 8.21. The fourth-order valence-corrected chi connectivity index (χ4v) is 3.67. The summed E-state index contributed by atoms with van der Waals surface area (Å²) < 4.78 is 9.36. The lowest BCUT2D eigenvalue weighted by Crippen LogP contribution is -2.14. The number of carbonyl (C=O) groups excluding carboxylic acids is 2. The molecule has 144 valence electrons. The molecular formula is C19H16ClN3O3S2. The van der Waals surface area contributed by atoms with E-state index in [1.54, 1.807) is 24.3 Å². The highest BCUT2D eigenvalue weighted by atomic mass is 35.5. The highest BCUT2D eigenvalue weighted by molar-refractivity contribution is 8.00. The average Bonchev–Trinajstić information content (AvgIpc) is 3.11. The zero-order valence-electron chi connectivity index (χ0n) is 14.8. The van der Waals surface area contributed by atoms with Crippen LogP contribution in [0.5, 0.6) is 0 Å². The number of thioether (sulfide) groups is 1. The molecule has 0 bridgehead atoms. The molecule has 0 aliphatic carbocycles. The third-order valence-electron chi connectivity index (χ3n) is 3.65. The molecule has 0 atom stereocenters. The second kappa shape index (κ2) is 9.68. The number of anilines is 1. The zero-order valence-corrected chi connectivity index (χ0v) is 17.2. The molecule has 1 amide bonds. The second-order valence-electron chi connectivity index (χ2n) is 5.77. The van der Waals surface area contributed by atoms with Gasteiger partial charge in [0.05, 0.1) is 11.3 Å². The third-order valence-corrected chi connectivity index (χ3v) is 5.71. The van der Waals surface area contributed by atoms with Crippen LogP contribution in [0.4, 0.5) is 5.69 Å². The van der Waals surface area contributed by atoms with E-state index in [-0.39, 0.29) is 18.3 Å². The van der Waals surface area contributed by atoms with Crippen LogP contribution in [-0.4, -0.2) is 27.2 Å². The molecule has 1 aromatic heterocycles. The summed E-state index contributed by atoms with van der Waals surface area (Å²) in [5, 5.41) is 6.64. The second-order valence-corrected chi connectivity index (χ2v) is 8.14. The van der Waals surface area contributed by atoms with E-state index < -0.39 is 5.97 Å². The van der Waals surface area contributed by atoms with Gasteiger partial charge >= 0.3 is 5.97 Å². The number of aromatic nitrogens is 2. The lowest BCUT2D eigenvalue weighted by molar-refractivity contribution is -0.113. The first-order chi connectivity index (χ1) is 13.5. The van der Waals surface area contributed by atoms with Crippen LogP contribution >= 0.6 is 34.9 Å². The summed E-state index contributed by atoms with van der Waals surface area (Å²) in [5.41, 5.74) is 2.66. The minimum Gasteiger partial charge on any atom is -0.455 e. The molecule has 0 aliphatic rings. The summed E-state index contributed by atoms with van der Waals surface area (Å²) in [6, 6.07) is 14.5. The molecule has 1 heterocycles. The van der Waals surface area contributed by atoms with Crippen LogP contribution in [0.15, 0.2) is 53.4 Å². The molecule has 9 heteroatoms. The summed E-state index contributed by atoms with van der Waals surface area (Å²) in [6.07, 6.45) is 0. The Morgan fingerprint density at radius 2 is 1.93 bits per heavy atom. The molecule has 3 aromatic rings. The topological polar surface area (TPSA) is 81.2 Å². The van der Waals surface area contributed by atoms with Crippen molar-refractivity contribution < 1.29 is 14.3 Å². The molecule has 6 nitrogen and oxygen atoms in total. The average molecular weight is 434 g/mol. The fraction of sp³-hybridized carbons (Fsp3) is 0.158. The predicted octanol–water partition coefficient (Wildman–Crippen LogP) is 4.59. The van der Waals surface area contributed by atoms with Crippen LogP contribution in [0.2, 0.25) is 4.34 Å². The number of nitrogens with zero attached hydrogens (tertiary/aromatic N) is 2. The Hall–Kier alpha value is -2.42. The van der Waals surface area contributed by atoms with Crippen LogP contribution in [0.1, 0.15) is 21.6 Å². The number of hydrogen-bond donors (Lipinski definition) is 1. The van der Waals surface area contributed by atoms with E-state index in [9.17, 15) is 9.59 Å². The number of nitrogens with one attached hydrogen (secondary N) is 1. The molecule has 0 saturated carbocycles. The molecule has 1 N–H and O–H groups in total. The number of carbonyl (C=O) groups is 2. The normalized spacial score (nSPS) is 10.5. The highest BCUT2D eigenvalue weighted by Crippen LogP contribution is 2.25. The van der Waals surface area contributed by atoms with Crippen molar-refractivity contribution in [2.45, 2.75) is 18.4 Å². The van der Waals surface area contributed by atoms with Crippen molar-refractivity contribution >= 4 is 52.5 Å². The summed E-state index contributed by atoms with van der Waals surface area (Å²) in [7, 11) is 0. The van der Waals surface area contributed by atoms with Gasteiger partial charge in [0.2, 0.25) is 5.91 Å². The Morgan fingerprint density at radius 3 is 2.64 bits per heavy atom. The minimum atomic E-state index is -0.508. The van der Waals surface area contributed by atoms with Gasteiger partial charge in [0.1, 0.15) is 16.6 Å². The first-order valence-corrected chi connectivity index (χ1v) is 10.4. The summed E-state index contributed by atoms with van der Waals surface area (Å²) in [6.45, 7) is 1.93. The van der Waals surface area contributed by atoms with Crippen LogP contribution in [0.25, 0.3) is 0 Å². The van der Waals surface area contributed by atoms with Crippen molar-refractivity contribution in [3.05, 3.63) is 69.7 Å². The lowest BCUT2D eigenvalue weighted by atomic mass is 10.2. The third kappa shape index (κ3) is 5.54. The first-order valence-electron chi connectivity index (χ1n) is 8.25. The number of ether oxygens (including phenoxy) is 1. The number of aryl methyl sites for hydroxylation is 1. The summed E-state index contributed by atoms with van der Waals surface area (Å²) in [5.74, 6) is -0.497. The van der Waals surface area contributed by atoms with Gasteiger partial charge in [-0.05, 0) is 31.2 Å².